The number of H-pyrrole nitrogens is 2. The Morgan fingerprint density at radius 3 is 2.84 bits per heavy atom. The molecule has 1 saturated carbocycles. The minimum Gasteiger partial charge on any atom is -0.493 e. The van der Waals surface area contributed by atoms with Crippen LogP contribution in [0.3, 0.4) is 0 Å². The highest BCUT2D eigenvalue weighted by molar-refractivity contribution is 6.31. The number of nitrogens with one attached hydrogen (secondary N) is 2. The Morgan fingerprint density at radius 2 is 2.13 bits per heavy atom. The summed E-state index contributed by atoms with van der Waals surface area (Å²) in [5, 5.41) is 15.5. The van der Waals surface area contributed by atoms with Crippen LogP contribution in [0.4, 0.5) is 5.95 Å². The van der Waals surface area contributed by atoms with E-state index in [-0.39, 0.29) is 17.6 Å². The lowest BCUT2D eigenvalue weighted by molar-refractivity contribution is 0.454. The van der Waals surface area contributed by atoms with E-state index in [1.165, 1.54) is 0 Å². The largest absolute Gasteiger partial charge is 0.493 e. The van der Waals surface area contributed by atoms with Gasteiger partial charge in [0.1, 0.15) is 5.69 Å². The first-order chi connectivity index (χ1) is 15.0. The Morgan fingerprint density at radius 1 is 1.32 bits per heavy atom. The van der Waals surface area contributed by atoms with E-state index >= 15 is 0 Å². The summed E-state index contributed by atoms with van der Waals surface area (Å²) in [7, 11) is 1.88. The van der Waals surface area contributed by atoms with Crippen molar-refractivity contribution in [3.8, 4) is 5.88 Å². The van der Waals surface area contributed by atoms with Gasteiger partial charge in [-0.1, -0.05) is 29.8 Å². The van der Waals surface area contributed by atoms with E-state index in [0.29, 0.717) is 34.0 Å². The van der Waals surface area contributed by atoms with Gasteiger partial charge in [-0.15, -0.1) is 0 Å². The number of nitrogens with zero attached hydrogens (tertiary/aromatic N) is 6. The molecule has 10 nitrogen and oxygen atoms in total. The van der Waals surface area contributed by atoms with Crippen LogP contribution in [-0.2, 0) is 6.54 Å². The highest BCUT2D eigenvalue weighted by Gasteiger charge is 2.21. The Labute approximate surface area is 180 Å². The van der Waals surface area contributed by atoms with Crippen LogP contribution in [-0.4, -0.2) is 47.7 Å². The summed E-state index contributed by atoms with van der Waals surface area (Å²) in [5.74, 6) is 0.214. The van der Waals surface area contributed by atoms with Gasteiger partial charge in [0.25, 0.3) is 5.62 Å². The van der Waals surface area contributed by atoms with Gasteiger partial charge in [0.05, 0.1) is 12.2 Å². The number of rotatable bonds is 5. The van der Waals surface area contributed by atoms with Crippen LogP contribution in [0.25, 0.3) is 11.7 Å². The Hall–Kier alpha value is -3.66. The number of hydrogen-bond donors (Lipinski definition) is 3. The molecule has 158 valence electrons. The standard InChI is InChI=1S/C20H19ClN8O2/c1-28(10-11-4-2-3-5-14(11)21)18-25-16-12(8-15-17(30)26-20(31)24-15)9-22-29(16)19(27-18)23-13-6-7-13/h2-5,8-9,13,30H,6-7,10H2,1H3,(H2,24,26,31). The van der Waals surface area contributed by atoms with E-state index in [0.717, 1.165) is 18.4 Å². The highest BCUT2D eigenvalue weighted by atomic mass is 35.5. The Balaban J connectivity index is 1.64. The van der Waals surface area contributed by atoms with Crippen LogP contribution < -0.4 is 21.4 Å². The minimum absolute atomic E-state index is 0.238. The molecule has 3 heterocycles. The number of aromatic hydroxyl groups is 1. The molecule has 1 aliphatic carbocycles. The normalized spacial score (nSPS) is 15.2. The van der Waals surface area contributed by atoms with Crippen molar-refractivity contribution in [3.05, 3.63) is 68.1 Å². The number of halogens is 1. The maximum Gasteiger partial charge on any atom is 0.326 e. The fourth-order valence-electron chi connectivity index (χ4n) is 3.19. The van der Waals surface area contributed by atoms with Crippen molar-refractivity contribution in [1.29, 1.82) is 0 Å². The summed E-state index contributed by atoms with van der Waals surface area (Å²) in [5.41, 5.74) is 1.66. The van der Waals surface area contributed by atoms with Gasteiger partial charge in [-0.05, 0) is 30.5 Å². The number of hydrogen-bond acceptors (Lipinski definition) is 7. The number of imidazole rings is 1. The molecule has 0 spiro atoms. The van der Waals surface area contributed by atoms with Crippen LogP contribution in [0.15, 0.2) is 40.2 Å². The smallest absolute Gasteiger partial charge is 0.326 e. The van der Waals surface area contributed by atoms with Crippen LogP contribution in [0.2, 0.25) is 5.02 Å². The molecule has 1 aromatic carbocycles. The second kappa shape index (κ2) is 7.55. The highest BCUT2D eigenvalue weighted by Crippen LogP contribution is 2.22. The SMILES string of the molecule is CN(Cc1ccccc1Cl)c1nc(=NC2CC2)n2ncc(=Cc3[nH]c(=O)[nH]c3O)c2n1. The number of benzene rings is 1. The van der Waals surface area contributed by atoms with Gasteiger partial charge in [0, 0.05) is 23.8 Å². The monoisotopic (exact) mass is 438 g/mol. The van der Waals surface area contributed by atoms with Gasteiger partial charge in [-0.3, -0.25) is 4.98 Å². The van der Waals surface area contributed by atoms with Gasteiger partial charge in [-0.2, -0.15) is 19.6 Å². The van der Waals surface area contributed by atoms with Crippen molar-refractivity contribution < 1.29 is 5.11 Å². The molecule has 0 unspecified atom stereocenters. The van der Waals surface area contributed by atoms with E-state index in [4.69, 9.17) is 11.6 Å². The molecule has 11 heteroatoms. The summed E-state index contributed by atoms with van der Waals surface area (Å²) in [6.45, 7) is 0.512. The van der Waals surface area contributed by atoms with Crippen LogP contribution >= 0.6 is 11.6 Å². The molecular weight excluding hydrogens is 420 g/mol. The molecule has 0 amide bonds. The van der Waals surface area contributed by atoms with E-state index in [1.54, 1.807) is 16.8 Å². The second-order valence-corrected chi connectivity index (χ2v) is 7.86. The first-order valence-corrected chi connectivity index (χ1v) is 10.1. The molecule has 31 heavy (non-hydrogen) atoms. The number of aromatic nitrogens is 6. The third-order valence-corrected chi connectivity index (χ3v) is 5.32. The molecule has 0 aliphatic heterocycles. The third-order valence-electron chi connectivity index (χ3n) is 4.95. The molecule has 1 aliphatic rings. The predicted molar refractivity (Wildman–Crippen MR) is 115 cm³/mol. The van der Waals surface area contributed by atoms with Crippen molar-refractivity contribution in [1.82, 2.24) is 29.5 Å². The molecule has 0 radical (unpaired) electrons. The van der Waals surface area contributed by atoms with Crippen LogP contribution in [0.1, 0.15) is 24.1 Å². The second-order valence-electron chi connectivity index (χ2n) is 7.45. The average Bonchev–Trinajstić information content (AvgIpc) is 3.38. The molecule has 3 aromatic heterocycles. The van der Waals surface area contributed by atoms with Crippen LogP contribution in [0, 0.1) is 0 Å². The quantitative estimate of drug-likeness (QED) is 0.422. The molecule has 4 aromatic rings. The summed E-state index contributed by atoms with van der Waals surface area (Å²) >= 11 is 6.31. The zero-order valence-corrected chi connectivity index (χ0v) is 17.3. The fraction of sp³-hybridized carbons (Fsp3) is 0.250. The third kappa shape index (κ3) is 3.89. The lowest BCUT2D eigenvalue weighted by Crippen LogP contribution is -2.28. The molecule has 1 fully saturated rings. The van der Waals surface area contributed by atoms with Gasteiger partial charge in [0.2, 0.25) is 11.8 Å². The maximum atomic E-state index is 11.5. The molecule has 5 rings (SSSR count). The first kappa shape index (κ1) is 19.3. The fourth-order valence-corrected chi connectivity index (χ4v) is 3.39. The molecule has 3 N–H and O–H groups in total. The Bertz CT molecular complexity index is 1450. The van der Waals surface area contributed by atoms with E-state index in [9.17, 15) is 9.90 Å². The van der Waals surface area contributed by atoms with Crippen molar-refractivity contribution in [2.45, 2.75) is 25.4 Å². The van der Waals surface area contributed by atoms with Crippen molar-refractivity contribution in [2.75, 3.05) is 11.9 Å². The maximum absolute atomic E-state index is 11.5. The summed E-state index contributed by atoms with van der Waals surface area (Å²) in [4.78, 5) is 32.2. The van der Waals surface area contributed by atoms with Gasteiger partial charge >= 0.3 is 5.69 Å². The van der Waals surface area contributed by atoms with Crippen LogP contribution in [0.5, 0.6) is 5.88 Å². The number of fused-ring (bicyclic) bond motifs is 1. The Kier molecular flexibility index (Phi) is 4.70. The van der Waals surface area contributed by atoms with E-state index < -0.39 is 5.69 Å². The number of anilines is 1. The van der Waals surface area contributed by atoms with Crippen molar-refractivity contribution >= 4 is 29.3 Å². The topological polar surface area (TPSA) is 128 Å². The summed E-state index contributed by atoms with van der Waals surface area (Å²) in [6.07, 6.45) is 5.24. The lowest BCUT2D eigenvalue weighted by Gasteiger charge is -2.17. The first-order valence-electron chi connectivity index (χ1n) is 9.75. The minimum atomic E-state index is -0.501. The lowest BCUT2D eigenvalue weighted by atomic mass is 10.2. The summed E-state index contributed by atoms with van der Waals surface area (Å²) in [6, 6.07) is 7.85. The molecule has 0 atom stereocenters. The van der Waals surface area contributed by atoms with Crippen molar-refractivity contribution in [2.24, 2.45) is 4.99 Å². The van der Waals surface area contributed by atoms with Crippen molar-refractivity contribution in [3.63, 3.8) is 0 Å². The average molecular weight is 439 g/mol. The zero-order valence-electron chi connectivity index (χ0n) is 16.6. The summed E-state index contributed by atoms with van der Waals surface area (Å²) < 4.78 is 1.57. The zero-order chi connectivity index (χ0) is 21.5. The number of aromatic amines is 2. The predicted octanol–water partition coefficient (Wildman–Crippen LogP) is 0.747. The van der Waals surface area contributed by atoms with E-state index in [1.807, 2.05) is 36.2 Å². The molecular formula is C20H19ClN8O2. The van der Waals surface area contributed by atoms with Gasteiger partial charge in [-0.25, -0.2) is 9.79 Å². The van der Waals surface area contributed by atoms with E-state index in [2.05, 4.69) is 30.0 Å². The van der Waals surface area contributed by atoms with Gasteiger partial charge < -0.3 is 15.0 Å². The van der Waals surface area contributed by atoms with Gasteiger partial charge in [0.15, 0.2) is 5.65 Å². The molecule has 0 saturated heterocycles. The molecule has 0 bridgehead atoms.